The first-order valence-corrected chi connectivity index (χ1v) is 11.2. The summed E-state index contributed by atoms with van der Waals surface area (Å²) in [6.45, 7) is 6.71. The van der Waals surface area contributed by atoms with Crippen LogP contribution in [0.3, 0.4) is 0 Å². The van der Waals surface area contributed by atoms with Crippen LogP contribution >= 0.6 is 0 Å². The zero-order chi connectivity index (χ0) is 21.1. The second kappa shape index (κ2) is 9.45. The van der Waals surface area contributed by atoms with E-state index in [4.69, 9.17) is 4.74 Å². The first-order chi connectivity index (χ1) is 14.6. The molecule has 30 heavy (non-hydrogen) atoms. The lowest BCUT2D eigenvalue weighted by molar-refractivity contribution is -0.146. The second-order valence-electron chi connectivity index (χ2n) is 8.79. The van der Waals surface area contributed by atoms with Gasteiger partial charge in [0.1, 0.15) is 12.6 Å². The summed E-state index contributed by atoms with van der Waals surface area (Å²) in [4.78, 5) is 32.4. The maximum atomic E-state index is 13.3. The number of nitrogens with one attached hydrogen (secondary N) is 1. The van der Waals surface area contributed by atoms with Crippen molar-refractivity contribution in [1.29, 1.82) is 0 Å². The zero-order valence-corrected chi connectivity index (χ0v) is 18.2. The Bertz CT molecular complexity index is 761. The summed E-state index contributed by atoms with van der Waals surface area (Å²) in [5, 5.41) is 3.29. The highest BCUT2D eigenvalue weighted by molar-refractivity contribution is 5.89. The van der Waals surface area contributed by atoms with Gasteiger partial charge < -0.3 is 19.9 Å². The van der Waals surface area contributed by atoms with Gasteiger partial charge in [-0.15, -0.1) is 0 Å². The number of carbonyl (C=O) groups excluding carboxylic acids is 2. The maximum Gasteiger partial charge on any atom is 0.249 e. The zero-order valence-electron chi connectivity index (χ0n) is 18.2. The number of amides is 2. The third-order valence-corrected chi connectivity index (χ3v) is 6.68. The number of aryl methyl sites for hydroxylation is 1. The van der Waals surface area contributed by atoms with E-state index in [1.165, 1.54) is 31.1 Å². The molecule has 0 bridgehead atoms. The van der Waals surface area contributed by atoms with E-state index in [2.05, 4.69) is 41.4 Å². The number of piperazine rings is 1. The summed E-state index contributed by atoms with van der Waals surface area (Å²) >= 11 is 0. The van der Waals surface area contributed by atoms with Crippen LogP contribution < -0.4 is 5.32 Å². The molecule has 164 valence electrons. The number of hydrogen-bond acceptors (Lipinski definition) is 5. The molecule has 0 aromatic heterocycles. The molecule has 3 aliphatic rings. The minimum absolute atomic E-state index is 0.0271. The molecule has 0 spiro atoms. The Balaban J connectivity index is 1.53. The largest absolute Gasteiger partial charge is 0.375 e. The molecule has 2 unspecified atom stereocenters. The van der Waals surface area contributed by atoms with Crippen LogP contribution in [0, 0.1) is 6.92 Å². The Morgan fingerprint density at radius 3 is 2.57 bits per heavy atom. The number of methoxy groups -OCH3 is 1. The molecular weight excluding hydrogens is 380 g/mol. The maximum absolute atomic E-state index is 13.3. The number of carbonyl (C=O) groups is 2. The summed E-state index contributed by atoms with van der Waals surface area (Å²) in [6, 6.07) is 8.89. The van der Waals surface area contributed by atoms with Crippen molar-refractivity contribution >= 4 is 11.8 Å². The molecule has 2 atom stereocenters. The summed E-state index contributed by atoms with van der Waals surface area (Å²) in [5.74, 6) is 0.00946. The van der Waals surface area contributed by atoms with Crippen molar-refractivity contribution in [3.8, 4) is 0 Å². The molecule has 1 saturated carbocycles. The molecule has 1 aromatic carbocycles. The molecular formula is C23H34N4O3. The van der Waals surface area contributed by atoms with E-state index < -0.39 is 0 Å². The lowest BCUT2D eigenvalue weighted by atomic mass is 10.1. The van der Waals surface area contributed by atoms with Crippen molar-refractivity contribution in [1.82, 2.24) is 20.0 Å². The van der Waals surface area contributed by atoms with Crippen LogP contribution in [0.2, 0.25) is 0 Å². The first-order valence-electron chi connectivity index (χ1n) is 11.2. The average molecular weight is 415 g/mol. The number of benzene rings is 1. The third-order valence-electron chi connectivity index (χ3n) is 6.68. The Morgan fingerprint density at radius 2 is 1.90 bits per heavy atom. The van der Waals surface area contributed by atoms with Crippen LogP contribution in [0.1, 0.15) is 30.4 Å². The highest BCUT2D eigenvalue weighted by Crippen LogP contribution is 2.35. The van der Waals surface area contributed by atoms with Gasteiger partial charge in [-0.25, -0.2) is 0 Å². The van der Waals surface area contributed by atoms with Gasteiger partial charge >= 0.3 is 0 Å². The van der Waals surface area contributed by atoms with Crippen molar-refractivity contribution in [3.05, 3.63) is 35.4 Å². The van der Waals surface area contributed by atoms with Crippen LogP contribution in [0.5, 0.6) is 0 Å². The molecule has 0 radical (unpaired) electrons. The SMILES string of the molecule is COCC(=O)N1CC(N(Cc2ccccc2C)C2CC2)CC1C(=O)N1CCNCC1. The number of ether oxygens (including phenoxy) is 1. The average Bonchev–Trinajstić information content (AvgIpc) is 3.51. The summed E-state index contributed by atoms with van der Waals surface area (Å²) in [6.07, 6.45) is 3.11. The summed E-state index contributed by atoms with van der Waals surface area (Å²) in [5.41, 5.74) is 2.62. The normalized spacial score (nSPS) is 24.5. The monoisotopic (exact) mass is 414 g/mol. The molecule has 1 N–H and O–H groups in total. The van der Waals surface area contributed by atoms with Crippen molar-refractivity contribution in [2.24, 2.45) is 0 Å². The molecule has 1 aromatic rings. The lowest BCUT2D eigenvalue weighted by Crippen LogP contribution is -2.53. The second-order valence-corrected chi connectivity index (χ2v) is 8.79. The van der Waals surface area contributed by atoms with Gasteiger partial charge in [-0.05, 0) is 37.3 Å². The van der Waals surface area contributed by atoms with Gasteiger partial charge in [-0.1, -0.05) is 24.3 Å². The van der Waals surface area contributed by atoms with Crippen LogP contribution in [-0.4, -0.2) is 91.1 Å². The molecule has 2 amide bonds. The summed E-state index contributed by atoms with van der Waals surface area (Å²) < 4.78 is 5.12. The van der Waals surface area contributed by atoms with Gasteiger partial charge in [0.05, 0.1) is 0 Å². The van der Waals surface area contributed by atoms with Crippen LogP contribution in [0.25, 0.3) is 0 Å². The van der Waals surface area contributed by atoms with Gasteiger partial charge in [-0.2, -0.15) is 0 Å². The van der Waals surface area contributed by atoms with Crippen LogP contribution in [0.15, 0.2) is 24.3 Å². The Labute approximate surface area is 179 Å². The van der Waals surface area contributed by atoms with Crippen molar-refractivity contribution in [2.75, 3.05) is 46.4 Å². The van der Waals surface area contributed by atoms with E-state index in [9.17, 15) is 9.59 Å². The fourth-order valence-electron chi connectivity index (χ4n) is 4.81. The van der Waals surface area contributed by atoms with E-state index in [-0.39, 0.29) is 30.5 Å². The van der Waals surface area contributed by atoms with Gasteiger partial charge in [0.25, 0.3) is 0 Å². The van der Waals surface area contributed by atoms with Gasteiger partial charge in [0, 0.05) is 58.5 Å². The third kappa shape index (κ3) is 4.68. The van der Waals surface area contributed by atoms with E-state index in [0.29, 0.717) is 32.1 Å². The molecule has 4 rings (SSSR count). The van der Waals surface area contributed by atoms with Crippen molar-refractivity contribution in [3.63, 3.8) is 0 Å². The molecule has 2 aliphatic heterocycles. The minimum atomic E-state index is -0.381. The Morgan fingerprint density at radius 1 is 1.17 bits per heavy atom. The van der Waals surface area contributed by atoms with Crippen molar-refractivity contribution in [2.45, 2.75) is 50.9 Å². The Kier molecular flexibility index (Phi) is 6.71. The van der Waals surface area contributed by atoms with Crippen molar-refractivity contribution < 1.29 is 14.3 Å². The smallest absolute Gasteiger partial charge is 0.249 e. The predicted octanol–water partition coefficient (Wildman–Crippen LogP) is 1.01. The molecule has 2 saturated heterocycles. The minimum Gasteiger partial charge on any atom is -0.375 e. The highest BCUT2D eigenvalue weighted by Gasteiger charge is 2.46. The number of likely N-dealkylation sites (tertiary alicyclic amines) is 1. The molecule has 3 fully saturated rings. The predicted molar refractivity (Wildman–Crippen MR) is 115 cm³/mol. The summed E-state index contributed by atoms with van der Waals surface area (Å²) in [7, 11) is 1.53. The van der Waals surface area contributed by atoms with Gasteiger partial charge in [0.2, 0.25) is 11.8 Å². The number of rotatable bonds is 7. The van der Waals surface area contributed by atoms with E-state index in [1.54, 1.807) is 4.90 Å². The molecule has 2 heterocycles. The Hall–Kier alpha value is -1.96. The number of hydrogen-bond donors (Lipinski definition) is 1. The molecule has 7 heteroatoms. The highest BCUT2D eigenvalue weighted by atomic mass is 16.5. The van der Waals surface area contributed by atoms with Gasteiger partial charge in [0.15, 0.2) is 0 Å². The number of nitrogens with zero attached hydrogens (tertiary/aromatic N) is 3. The van der Waals surface area contributed by atoms with E-state index in [1.807, 2.05) is 4.90 Å². The van der Waals surface area contributed by atoms with Crippen LogP contribution in [-0.2, 0) is 20.9 Å². The van der Waals surface area contributed by atoms with Crippen LogP contribution in [0.4, 0.5) is 0 Å². The topological polar surface area (TPSA) is 65.1 Å². The fourth-order valence-corrected chi connectivity index (χ4v) is 4.81. The molecule has 1 aliphatic carbocycles. The first kappa shape index (κ1) is 21.3. The fraction of sp³-hybridized carbons (Fsp3) is 0.652. The lowest BCUT2D eigenvalue weighted by Gasteiger charge is -2.32. The quantitative estimate of drug-likeness (QED) is 0.721. The standard InChI is InChI=1S/C23H34N4O3/c1-17-5-3-4-6-18(17)14-26(19-7-8-19)20-13-21(27(15-20)22(28)16-30-2)23(29)25-11-9-24-10-12-25/h3-6,19-21,24H,7-16H2,1-2H3. The van der Waals surface area contributed by atoms with Gasteiger partial charge in [-0.3, -0.25) is 14.5 Å². The molecule has 7 nitrogen and oxygen atoms in total. The van der Waals surface area contributed by atoms with E-state index in [0.717, 1.165) is 19.6 Å². The van der Waals surface area contributed by atoms with E-state index >= 15 is 0 Å².